The predicted octanol–water partition coefficient (Wildman–Crippen LogP) is 6.70. The molecule has 0 amide bonds. The third kappa shape index (κ3) is 4.19. The zero-order valence-electron chi connectivity index (χ0n) is 20.7. The maximum Gasteiger partial charge on any atom is 0.104 e. The summed E-state index contributed by atoms with van der Waals surface area (Å²) in [4.78, 5) is 0. The Kier molecular flexibility index (Phi) is 6.39. The summed E-state index contributed by atoms with van der Waals surface area (Å²) in [5, 5.41) is 3.20. The van der Waals surface area contributed by atoms with Crippen LogP contribution in [0.2, 0.25) is 6.04 Å². The lowest BCUT2D eigenvalue weighted by molar-refractivity contribution is 0.884. The molecule has 164 valence electrons. The summed E-state index contributed by atoms with van der Waals surface area (Å²) in [7, 11) is -1.45. The van der Waals surface area contributed by atoms with Crippen LogP contribution in [0.3, 0.4) is 0 Å². The fourth-order valence-electron chi connectivity index (χ4n) is 5.66. The van der Waals surface area contributed by atoms with Gasteiger partial charge in [0.25, 0.3) is 0 Å². The molecule has 1 heteroatoms. The average Bonchev–Trinajstić information content (AvgIpc) is 2.97. The molecule has 1 atom stereocenters. The maximum atomic E-state index is 2.43. The molecule has 1 unspecified atom stereocenters. The highest BCUT2D eigenvalue weighted by atomic mass is 28.3. The Balaban J connectivity index is 1.85. The van der Waals surface area contributed by atoms with Crippen LogP contribution in [0.4, 0.5) is 0 Å². The van der Waals surface area contributed by atoms with E-state index in [1.807, 2.05) is 0 Å². The van der Waals surface area contributed by atoms with E-state index in [-0.39, 0.29) is 0 Å². The molecule has 0 aromatic heterocycles. The Hall–Kier alpha value is -2.64. The molecule has 3 aromatic rings. The number of rotatable bonds is 5. The van der Waals surface area contributed by atoms with Crippen molar-refractivity contribution in [3.63, 3.8) is 0 Å². The molecule has 0 radical (unpaired) electrons. The first-order chi connectivity index (χ1) is 15.3. The van der Waals surface area contributed by atoms with Crippen molar-refractivity contribution in [2.24, 2.45) is 5.92 Å². The summed E-state index contributed by atoms with van der Waals surface area (Å²) in [6.07, 6.45) is 0. The largest absolute Gasteiger partial charge is 0.104 e. The molecule has 0 heterocycles. The van der Waals surface area contributed by atoms with Crippen molar-refractivity contribution in [3.8, 4) is 0 Å². The Morgan fingerprint density at radius 2 is 1.16 bits per heavy atom. The molecule has 0 saturated carbocycles. The Morgan fingerprint density at radius 3 is 1.66 bits per heavy atom. The molecule has 0 bridgehead atoms. The fourth-order valence-corrected chi connectivity index (χ4v) is 9.48. The molecule has 1 aliphatic carbocycles. The highest BCUT2D eigenvalue weighted by Gasteiger charge is 2.33. The second-order valence-corrected chi connectivity index (χ2v) is 12.6. The summed E-state index contributed by atoms with van der Waals surface area (Å²) in [6, 6.07) is 26.5. The fraction of sp³-hybridized carbons (Fsp3) is 0.290. The number of aryl methyl sites for hydroxylation is 4. The Morgan fingerprint density at radius 1 is 0.625 bits per heavy atom. The summed E-state index contributed by atoms with van der Waals surface area (Å²) in [5.41, 5.74) is 13.1. The van der Waals surface area contributed by atoms with Crippen LogP contribution in [0.5, 0.6) is 0 Å². The zero-order valence-corrected chi connectivity index (χ0v) is 21.9. The van der Waals surface area contributed by atoms with Crippen LogP contribution in [0, 0.1) is 33.6 Å². The zero-order chi connectivity index (χ0) is 23.0. The van der Waals surface area contributed by atoms with Gasteiger partial charge < -0.3 is 0 Å². The first kappa shape index (κ1) is 22.5. The molecule has 0 nitrogen and oxygen atoms in total. The van der Waals surface area contributed by atoms with E-state index in [1.165, 1.54) is 45.0 Å². The minimum Gasteiger partial charge on any atom is -0.0629 e. The molecule has 1 aliphatic rings. The van der Waals surface area contributed by atoms with E-state index in [4.69, 9.17) is 0 Å². The second-order valence-electron chi connectivity index (χ2n) is 9.77. The van der Waals surface area contributed by atoms with Crippen molar-refractivity contribution in [1.29, 1.82) is 0 Å². The van der Waals surface area contributed by atoms with Crippen LogP contribution in [0.15, 0.2) is 83.4 Å². The highest BCUT2D eigenvalue weighted by Crippen LogP contribution is 2.45. The van der Waals surface area contributed by atoms with Gasteiger partial charge in [-0.2, -0.15) is 0 Å². The first-order valence-corrected chi connectivity index (χ1v) is 13.8. The lowest BCUT2D eigenvalue weighted by Gasteiger charge is -2.27. The normalized spacial score (nSPS) is 16.4. The molecule has 0 saturated heterocycles. The minimum atomic E-state index is -1.45. The van der Waals surface area contributed by atoms with Crippen molar-refractivity contribution in [2.75, 3.05) is 0 Å². The van der Waals surface area contributed by atoms with E-state index in [2.05, 4.69) is 115 Å². The Labute approximate surface area is 196 Å². The minimum absolute atomic E-state index is 0.496. The molecular formula is C31H36Si. The van der Waals surface area contributed by atoms with Crippen LogP contribution in [0.1, 0.15) is 48.6 Å². The van der Waals surface area contributed by atoms with Crippen molar-refractivity contribution in [1.82, 2.24) is 0 Å². The standard InChI is InChI=1S/C31H36Si/c1-20-13-15-29(22(3)17-20)32(30-16-14-21(2)18-23(30)4)19-28-25(6)24(5)26(7)31(28)27-11-9-8-10-12-27/h8-18,28,32H,19H2,1-7H3. The molecule has 3 aromatic carbocycles. The molecule has 0 aliphatic heterocycles. The van der Waals surface area contributed by atoms with E-state index >= 15 is 0 Å². The van der Waals surface area contributed by atoms with E-state index < -0.39 is 8.80 Å². The van der Waals surface area contributed by atoms with Gasteiger partial charge in [0, 0.05) is 5.92 Å². The van der Waals surface area contributed by atoms with Gasteiger partial charge in [-0.25, -0.2) is 0 Å². The third-order valence-corrected chi connectivity index (χ3v) is 11.3. The van der Waals surface area contributed by atoms with Crippen LogP contribution in [0.25, 0.3) is 5.57 Å². The maximum absolute atomic E-state index is 2.43. The second kappa shape index (κ2) is 9.08. The van der Waals surface area contributed by atoms with Crippen molar-refractivity contribution < 1.29 is 0 Å². The van der Waals surface area contributed by atoms with E-state index in [0.717, 1.165) is 0 Å². The number of hydrogen-bond donors (Lipinski definition) is 0. The van der Waals surface area contributed by atoms with Gasteiger partial charge in [0.15, 0.2) is 0 Å². The third-order valence-electron chi connectivity index (χ3n) is 7.59. The molecular weight excluding hydrogens is 400 g/mol. The van der Waals surface area contributed by atoms with Gasteiger partial charge in [-0.3, -0.25) is 0 Å². The van der Waals surface area contributed by atoms with Gasteiger partial charge in [-0.15, -0.1) is 0 Å². The lowest BCUT2D eigenvalue weighted by atomic mass is 9.91. The number of allylic oxidation sites excluding steroid dienone is 4. The molecule has 4 rings (SSSR count). The highest BCUT2D eigenvalue weighted by molar-refractivity contribution is 6.86. The van der Waals surface area contributed by atoms with Gasteiger partial charge in [0.1, 0.15) is 8.80 Å². The van der Waals surface area contributed by atoms with Crippen LogP contribution in [-0.2, 0) is 0 Å². The van der Waals surface area contributed by atoms with Gasteiger partial charge in [-0.05, 0) is 76.8 Å². The van der Waals surface area contributed by atoms with Gasteiger partial charge in [0.05, 0.1) is 0 Å². The summed E-state index contributed by atoms with van der Waals surface area (Å²) < 4.78 is 0. The van der Waals surface area contributed by atoms with Gasteiger partial charge in [0.2, 0.25) is 0 Å². The number of hydrogen-bond acceptors (Lipinski definition) is 0. The first-order valence-electron chi connectivity index (χ1n) is 11.9. The van der Waals surface area contributed by atoms with E-state index in [1.54, 1.807) is 21.5 Å². The van der Waals surface area contributed by atoms with Crippen LogP contribution in [-0.4, -0.2) is 8.80 Å². The number of benzene rings is 3. The SMILES string of the molecule is CC1=C(C)C(C[SiH](c2ccc(C)cc2C)c2ccc(C)cc2C)C(c2ccccc2)=C1C. The summed E-state index contributed by atoms with van der Waals surface area (Å²) >= 11 is 0. The van der Waals surface area contributed by atoms with Gasteiger partial charge >= 0.3 is 0 Å². The molecule has 0 spiro atoms. The molecule has 32 heavy (non-hydrogen) atoms. The monoisotopic (exact) mass is 436 g/mol. The van der Waals surface area contributed by atoms with Gasteiger partial charge in [-0.1, -0.05) is 105 Å². The topological polar surface area (TPSA) is 0 Å². The van der Waals surface area contributed by atoms with Crippen molar-refractivity contribution >= 4 is 24.7 Å². The van der Waals surface area contributed by atoms with Crippen LogP contribution < -0.4 is 10.4 Å². The van der Waals surface area contributed by atoms with Crippen molar-refractivity contribution in [2.45, 2.75) is 54.5 Å². The average molecular weight is 437 g/mol. The summed E-state index contributed by atoms with van der Waals surface area (Å²) in [6.45, 7) is 16.1. The van der Waals surface area contributed by atoms with E-state index in [9.17, 15) is 0 Å². The molecule has 0 N–H and O–H groups in total. The Bertz CT molecular complexity index is 1160. The molecule has 0 fully saturated rings. The van der Waals surface area contributed by atoms with Crippen LogP contribution >= 0.6 is 0 Å². The quantitative estimate of drug-likeness (QED) is 0.390. The summed E-state index contributed by atoms with van der Waals surface area (Å²) in [5.74, 6) is 0.496. The lowest BCUT2D eigenvalue weighted by Crippen LogP contribution is -2.46. The van der Waals surface area contributed by atoms with Crippen molar-refractivity contribution in [3.05, 3.63) is 111 Å². The van der Waals surface area contributed by atoms with E-state index in [0.29, 0.717) is 5.92 Å². The smallest absolute Gasteiger partial charge is 0.0629 e. The predicted molar refractivity (Wildman–Crippen MR) is 144 cm³/mol.